The van der Waals surface area contributed by atoms with Crippen LogP contribution in [-0.2, 0) is 6.54 Å². The molecule has 0 saturated carbocycles. The molecule has 20 heavy (non-hydrogen) atoms. The van der Waals surface area contributed by atoms with Gasteiger partial charge in [0.2, 0.25) is 0 Å². The van der Waals surface area contributed by atoms with E-state index in [0.29, 0.717) is 17.9 Å². The lowest BCUT2D eigenvalue weighted by molar-refractivity contribution is 0.0950. The molecule has 2 rings (SSSR count). The molecule has 0 radical (unpaired) electrons. The number of amides is 1. The number of rotatable bonds is 5. The topological polar surface area (TPSA) is 47.6 Å². The van der Waals surface area contributed by atoms with E-state index in [-0.39, 0.29) is 5.91 Å². The van der Waals surface area contributed by atoms with Crippen LogP contribution in [0.3, 0.4) is 0 Å². The van der Waals surface area contributed by atoms with E-state index in [0.717, 1.165) is 11.3 Å². The third-order valence-corrected chi connectivity index (χ3v) is 2.92. The summed E-state index contributed by atoms with van der Waals surface area (Å²) in [7, 11) is 3.20. The van der Waals surface area contributed by atoms with Crippen LogP contribution in [0.1, 0.15) is 15.9 Å². The van der Waals surface area contributed by atoms with Crippen LogP contribution in [0.4, 0.5) is 0 Å². The van der Waals surface area contributed by atoms with Gasteiger partial charge in [-0.2, -0.15) is 0 Å². The van der Waals surface area contributed by atoms with E-state index in [1.54, 1.807) is 38.5 Å². The molecule has 1 N–H and O–H groups in total. The number of carbonyl (C=O) groups is 1. The second kappa shape index (κ2) is 6.61. The Morgan fingerprint density at radius 2 is 1.65 bits per heavy atom. The molecule has 0 unspecified atom stereocenters. The molecule has 0 atom stereocenters. The lowest BCUT2D eigenvalue weighted by Crippen LogP contribution is -2.22. The maximum atomic E-state index is 12.0. The Morgan fingerprint density at radius 1 is 1.00 bits per heavy atom. The Bertz CT molecular complexity index is 596. The van der Waals surface area contributed by atoms with Crippen LogP contribution < -0.4 is 14.8 Å². The lowest BCUT2D eigenvalue weighted by atomic mass is 10.2. The van der Waals surface area contributed by atoms with Crippen molar-refractivity contribution in [1.29, 1.82) is 0 Å². The summed E-state index contributed by atoms with van der Waals surface area (Å²) in [4.78, 5) is 12.0. The van der Waals surface area contributed by atoms with Crippen molar-refractivity contribution in [2.45, 2.75) is 6.54 Å². The maximum Gasteiger partial charge on any atom is 0.251 e. The second-order valence-corrected chi connectivity index (χ2v) is 4.27. The highest BCUT2D eigenvalue weighted by atomic mass is 16.5. The summed E-state index contributed by atoms with van der Waals surface area (Å²) in [6, 6.07) is 14.7. The molecule has 1 amide bonds. The number of methoxy groups -OCH3 is 2. The van der Waals surface area contributed by atoms with Gasteiger partial charge in [0.25, 0.3) is 5.91 Å². The monoisotopic (exact) mass is 271 g/mol. The molecule has 4 nitrogen and oxygen atoms in total. The third-order valence-electron chi connectivity index (χ3n) is 2.92. The molecule has 0 saturated heterocycles. The minimum absolute atomic E-state index is 0.133. The zero-order valence-corrected chi connectivity index (χ0v) is 11.6. The molecule has 0 aliphatic rings. The summed E-state index contributed by atoms with van der Waals surface area (Å²) in [5.74, 6) is 1.31. The number of carbonyl (C=O) groups excluding carboxylic acids is 1. The smallest absolute Gasteiger partial charge is 0.251 e. The molecule has 0 fully saturated rings. The summed E-state index contributed by atoms with van der Waals surface area (Å²) in [6.07, 6.45) is 0. The quantitative estimate of drug-likeness (QED) is 0.909. The molecule has 2 aromatic rings. The van der Waals surface area contributed by atoms with Crippen LogP contribution in [0, 0.1) is 0 Å². The largest absolute Gasteiger partial charge is 0.497 e. The van der Waals surface area contributed by atoms with E-state index >= 15 is 0 Å². The van der Waals surface area contributed by atoms with Crippen molar-refractivity contribution in [2.75, 3.05) is 14.2 Å². The standard InChI is InChI=1S/C16H17NO3/c1-19-14-7-3-5-12(9-14)11-17-16(18)13-6-4-8-15(10-13)20-2/h3-10H,11H2,1-2H3,(H,17,18). The Labute approximate surface area is 118 Å². The van der Waals surface area contributed by atoms with Crippen molar-refractivity contribution < 1.29 is 14.3 Å². The average Bonchev–Trinajstić information content (AvgIpc) is 2.52. The summed E-state index contributed by atoms with van der Waals surface area (Å²) >= 11 is 0. The predicted molar refractivity (Wildman–Crippen MR) is 77.2 cm³/mol. The van der Waals surface area contributed by atoms with Gasteiger partial charge in [-0.15, -0.1) is 0 Å². The van der Waals surface area contributed by atoms with Gasteiger partial charge in [0.1, 0.15) is 11.5 Å². The van der Waals surface area contributed by atoms with Gasteiger partial charge in [0, 0.05) is 12.1 Å². The molecule has 0 aliphatic carbocycles. The van der Waals surface area contributed by atoms with E-state index in [1.807, 2.05) is 24.3 Å². The van der Waals surface area contributed by atoms with Gasteiger partial charge < -0.3 is 14.8 Å². The minimum atomic E-state index is -0.133. The number of hydrogen-bond acceptors (Lipinski definition) is 3. The number of benzene rings is 2. The molecule has 0 bridgehead atoms. The van der Waals surface area contributed by atoms with E-state index in [4.69, 9.17) is 9.47 Å². The molecule has 0 spiro atoms. The van der Waals surface area contributed by atoms with Gasteiger partial charge in [0.15, 0.2) is 0 Å². The van der Waals surface area contributed by atoms with Crippen molar-refractivity contribution >= 4 is 5.91 Å². The molecule has 2 aromatic carbocycles. The van der Waals surface area contributed by atoms with Gasteiger partial charge in [-0.3, -0.25) is 4.79 Å². The number of nitrogens with one attached hydrogen (secondary N) is 1. The van der Waals surface area contributed by atoms with Gasteiger partial charge in [-0.05, 0) is 35.9 Å². The zero-order chi connectivity index (χ0) is 14.4. The van der Waals surface area contributed by atoms with Crippen molar-refractivity contribution in [3.8, 4) is 11.5 Å². The Morgan fingerprint density at radius 3 is 2.35 bits per heavy atom. The van der Waals surface area contributed by atoms with Crippen LogP contribution in [0.15, 0.2) is 48.5 Å². The first-order chi connectivity index (χ1) is 9.72. The minimum Gasteiger partial charge on any atom is -0.497 e. The molecule has 0 aliphatic heterocycles. The highest BCUT2D eigenvalue weighted by Crippen LogP contribution is 2.14. The SMILES string of the molecule is COc1cccc(CNC(=O)c2cccc(OC)c2)c1. The molecular weight excluding hydrogens is 254 g/mol. The summed E-state index contributed by atoms with van der Waals surface area (Å²) in [5.41, 5.74) is 1.56. The Hall–Kier alpha value is -2.49. The predicted octanol–water partition coefficient (Wildman–Crippen LogP) is 2.63. The fourth-order valence-electron chi connectivity index (χ4n) is 1.83. The van der Waals surface area contributed by atoms with Crippen molar-refractivity contribution in [1.82, 2.24) is 5.32 Å². The molecule has 104 valence electrons. The van der Waals surface area contributed by atoms with Gasteiger partial charge in [-0.1, -0.05) is 18.2 Å². The van der Waals surface area contributed by atoms with Gasteiger partial charge in [0.05, 0.1) is 14.2 Å². The Kier molecular flexibility index (Phi) is 4.60. The molecule has 4 heteroatoms. The Balaban J connectivity index is 2.00. The number of hydrogen-bond donors (Lipinski definition) is 1. The van der Waals surface area contributed by atoms with Gasteiger partial charge in [-0.25, -0.2) is 0 Å². The van der Waals surface area contributed by atoms with Crippen LogP contribution in [0.5, 0.6) is 11.5 Å². The van der Waals surface area contributed by atoms with Crippen molar-refractivity contribution in [2.24, 2.45) is 0 Å². The number of ether oxygens (including phenoxy) is 2. The van der Waals surface area contributed by atoms with Crippen LogP contribution in [-0.4, -0.2) is 20.1 Å². The van der Waals surface area contributed by atoms with E-state index < -0.39 is 0 Å². The maximum absolute atomic E-state index is 12.0. The molecule has 0 heterocycles. The fourth-order valence-corrected chi connectivity index (χ4v) is 1.83. The van der Waals surface area contributed by atoms with Crippen molar-refractivity contribution in [3.63, 3.8) is 0 Å². The van der Waals surface area contributed by atoms with Crippen LogP contribution >= 0.6 is 0 Å². The first-order valence-electron chi connectivity index (χ1n) is 6.28. The first kappa shape index (κ1) is 13.9. The highest BCUT2D eigenvalue weighted by molar-refractivity contribution is 5.94. The summed E-state index contributed by atoms with van der Waals surface area (Å²) in [5, 5.41) is 2.87. The van der Waals surface area contributed by atoms with Crippen LogP contribution in [0.2, 0.25) is 0 Å². The second-order valence-electron chi connectivity index (χ2n) is 4.27. The molecule has 0 aromatic heterocycles. The summed E-state index contributed by atoms with van der Waals surface area (Å²) < 4.78 is 10.2. The lowest BCUT2D eigenvalue weighted by Gasteiger charge is -2.08. The van der Waals surface area contributed by atoms with Crippen molar-refractivity contribution in [3.05, 3.63) is 59.7 Å². The van der Waals surface area contributed by atoms with Gasteiger partial charge >= 0.3 is 0 Å². The van der Waals surface area contributed by atoms with Crippen LogP contribution in [0.25, 0.3) is 0 Å². The normalized spacial score (nSPS) is 9.90. The average molecular weight is 271 g/mol. The fraction of sp³-hybridized carbons (Fsp3) is 0.188. The molecular formula is C16H17NO3. The summed E-state index contributed by atoms with van der Waals surface area (Å²) in [6.45, 7) is 0.452. The highest BCUT2D eigenvalue weighted by Gasteiger charge is 2.06. The van der Waals surface area contributed by atoms with E-state index in [2.05, 4.69) is 5.32 Å². The third kappa shape index (κ3) is 3.51. The van der Waals surface area contributed by atoms with E-state index in [1.165, 1.54) is 0 Å². The first-order valence-corrected chi connectivity index (χ1v) is 6.28. The zero-order valence-electron chi connectivity index (χ0n) is 11.6. The van der Waals surface area contributed by atoms with E-state index in [9.17, 15) is 4.79 Å².